The van der Waals surface area contributed by atoms with Crippen molar-refractivity contribution in [1.82, 2.24) is 10.2 Å². The topological polar surface area (TPSA) is 15.3 Å². The number of hydrogen-bond donors (Lipinski definition) is 1. The van der Waals surface area contributed by atoms with Crippen LogP contribution in [0.1, 0.15) is 32.6 Å². The Bertz CT molecular complexity index is 264. The molecule has 0 radical (unpaired) electrons. The lowest BCUT2D eigenvalue weighted by molar-refractivity contribution is -0.185. The van der Waals surface area contributed by atoms with Gasteiger partial charge in [0.25, 0.3) is 0 Å². The maximum Gasteiger partial charge on any atom is 0.391 e. The van der Waals surface area contributed by atoms with Gasteiger partial charge in [-0.25, -0.2) is 0 Å². The van der Waals surface area contributed by atoms with E-state index >= 15 is 0 Å². The first-order valence-corrected chi connectivity index (χ1v) is 6.89. The minimum atomic E-state index is -4.00. The van der Waals surface area contributed by atoms with Gasteiger partial charge in [0.1, 0.15) is 0 Å². The lowest BCUT2D eigenvalue weighted by atomic mass is 9.81. The molecule has 18 heavy (non-hydrogen) atoms. The van der Waals surface area contributed by atoms with E-state index in [0.29, 0.717) is 13.1 Å². The van der Waals surface area contributed by atoms with Crippen LogP contribution in [0.25, 0.3) is 0 Å². The molecule has 2 aliphatic rings. The van der Waals surface area contributed by atoms with Gasteiger partial charge in [0.05, 0.1) is 5.92 Å². The Kier molecular flexibility index (Phi) is 4.22. The van der Waals surface area contributed by atoms with E-state index in [1.807, 2.05) is 0 Å². The average molecular weight is 264 g/mol. The number of hydrogen-bond acceptors (Lipinski definition) is 2. The number of piperidine rings is 2. The molecule has 1 unspecified atom stereocenters. The summed E-state index contributed by atoms with van der Waals surface area (Å²) >= 11 is 0. The van der Waals surface area contributed by atoms with Crippen molar-refractivity contribution in [3.63, 3.8) is 0 Å². The van der Waals surface area contributed by atoms with Crippen LogP contribution in [-0.2, 0) is 0 Å². The van der Waals surface area contributed by atoms with Crippen molar-refractivity contribution >= 4 is 0 Å². The molecular formula is C13H23F3N2. The lowest BCUT2D eigenvalue weighted by Gasteiger charge is -2.41. The van der Waals surface area contributed by atoms with Crippen LogP contribution >= 0.6 is 0 Å². The second kappa shape index (κ2) is 5.37. The Morgan fingerprint density at radius 1 is 1.28 bits per heavy atom. The van der Waals surface area contributed by atoms with Crippen LogP contribution in [0.2, 0.25) is 0 Å². The predicted molar refractivity (Wildman–Crippen MR) is 65.4 cm³/mol. The molecule has 2 rings (SSSR count). The van der Waals surface area contributed by atoms with Crippen molar-refractivity contribution in [1.29, 1.82) is 0 Å². The van der Waals surface area contributed by atoms with Crippen molar-refractivity contribution in [3.8, 4) is 0 Å². The molecule has 0 amide bonds. The molecule has 106 valence electrons. The van der Waals surface area contributed by atoms with E-state index in [-0.39, 0.29) is 18.3 Å². The summed E-state index contributed by atoms with van der Waals surface area (Å²) in [6.07, 6.45) is -1.10. The van der Waals surface area contributed by atoms with E-state index in [9.17, 15) is 13.2 Å². The zero-order chi connectivity index (χ0) is 13.2. The molecular weight excluding hydrogens is 241 g/mol. The molecule has 0 aromatic rings. The summed E-state index contributed by atoms with van der Waals surface area (Å²) in [6.45, 7) is 6.44. The van der Waals surface area contributed by atoms with Crippen LogP contribution in [0.4, 0.5) is 13.2 Å². The fourth-order valence-electron chi connectivity index (χ4n) is 3.21. The number of alkyl halides is 3. The van der Waals surface area contributed by atoms with Crippen LogP contribution in [-0.4, -0.2) is 43.8 Å². The molecule has 0 bridgehead atoms. The Morgan fingerprint density at radius 2 is 1.94 bits per heavy atom. The maximum atomic E-state index is 12.6. The summed E-state index contributed by atoms with van der Waals surface area (Å²) in [5, 5.41) is 3.39. The van der Waals surface area contributed by atoms with Crippen LogP contribution in [0, 0.1) is 11.3 Å². The van der Waals surface area contributed by atoms with Crippen molar-refractivity contribution in [2.45, 2.75) is 38.8 Å². The standard InChI is InChI=1S/C13H23F3N2/c1-12(5-2-6-17-9-12)10-18-7-3-11(4-8-18)13(14,15)16/h11,17H,2-10H2,1H3. The first kappa shape index (κ1) is 14.1. The summed E-state index contributed by atoms with van der Waals surface area (Å²) < 4.78 is 37.7. The Labute approximate surface area is 107 Å². The van der Waals surface area contributed by atoms with Crippen molar-refractivity contribution in [3.05, 3.63) is 0 Å². The SMILES string of the molecule is CC1(CN2CCC(C(F)(F)F)CC2)CCCNC1. The zero-order valence-electron chi connectivity index (χ0n) is 11.0. The van der Waals surface area contributed by atoms with E-state index in [4.69, 9.17) is 0 Å². The van der Waals surface area contributed by atoms with Gasteiger partial charge in [-0.05, 0) is 50.7 Å². The normalized spacial score (nSPS) is 32.7. The molecule has 1 atom stereocenters. The fraction of sp³-hybridized carbons (Fsp3) is 1.00. The molecule has 2 heterocycles. The van der Waals surface area contributed by atoms with Gasteiger partial charge < -0.3 is 10.2 Å². The van der Waals surface area contributed by atoms with E-state index in [1.54, 1.807) is 0 Å². The van der Waals surface area contributed by atoms with Gasteiger partial charge in [0.2, 0.25) is 0 Å². The van der Waals surface area contributed by atoms with Crippen molar-refractivity contribution < 1.29 is 13.2 Å². The molecule has 0 aromatic carbocycles. The molecule has 0 aliphatic carbocycles. The molecule has 0 spiro atoms. The summed E-state index contributed by atoms with van der Waals surface area (Å²) in [7, 11) is 0. The molecule has 0 aromatic heterocycles. The lowest BCUT2D eigenvalue weighted by Crippen LogP contribution is -2.48. The number of likely N-dealkylation sites (tertiary alicyclic amines) is 1. The Hall–Kier alpha value is -0.290. The van der Waals surface area contributed by atoms with Crippen molar-refractivity contribution in [2.75, 3.05) is 32.7 Å². The zero-order valence-corrected chi connectivity index (χ0v) is 11.0. The number of nitrogens with one attached hydrogen (secondary N) is 1. The van der Waals surface area contributed by atoms with Gasteiger partial charge in [0.15, 0.2) is 0 Å². The smallest absolute Gasteiger partial charge is 0.316 e. The van der Waals surface area contributed by atoms with E-state index in [2.05, 4.69) is 17.1 Å². The highest BCUT2D eigenvalue weighted by molar-refractivity contribution is 4.86. The van der Waals surface area contributed by atoms with E-state index < -0.39 is 12.1 Å². The Morgan fingerprint density at radius 3 is 2.44 bits per heavy atom. The molecule has 2 fully saturated rings. The summed E-state index contributed by atoms with van der Waals surface area (Å²) in [5.74, 6) is -1.08. The fourth-order valence-corrected chi connectivity index (χ4v) is 3.21. The van der Waals surface area contributed by atoms with E-state index in [0.717, 1.165) is 19.6 Å². The highest BCUT2D eigenvalue weighted by Gasteiger charge is 2.41. The first-order valence-electron chi connectivity index (χ1n) is 6.89. The van der Waals surface area contributed by atoms with Gasteiger partial charge >= 0.3 is 6.18 Å². The van der Waals surface area contributed by atoms with Crippen LogP contribution in [0.15, 0.2) is 0 Å². The van der Waals surface area contributed by atoms with Crippen LogP contribution in [0.5, 0.6) is 0 Å². The third kappa shape index (κ3) is 3.60. The highest BCUT2D eigenvalue weighted by atomic mass is 19.4. The number of rotatable bonds is 2. The van der Waals surface area contributed by atoms with Crippen LogP contribution in [0.3, 0.4) is 0 Å². The van der Waals surface area contributed by atoms with Gasteiger partial charge in [-0.2, -0.15) is 13.2 Å². The minimum absolute atomic E-state index is 0.239. The summed E-state index contributed by atoms with van der Waals surface area (Å²) in [6, 6.07) is 0. The molecule has 5 heteroatoms. The highest BCUT2D eigenvalue weighted by Crippen LogP contribution is 2.35. The first-order chi connectivity index (χ1) is 8.39. The monoisotopic (exact) mass is 264 g/mol. The summed E-state index contributed by atoms with van der Waals surface area (Å²) in [5.41, 5.74) is 0.239. The van der Waals surface area contributed by atoms with Gasteiger partial charge in [-0.3, -0.25) is 0 Å². The number of nitrogens with zero attached hydrogens (tertiary/aromatic N) is 1. The second-order valence-corrected chi connectivity index (χ2v) is 6.18. The Balaban J connectivity index is 1.79. The minimum Gasteiger partial charge on any atom is -0.316 e. The maximum absolute atomic E-state index is 12.6. The third-order valence-electron chi connectivity index (χ3n) is 4.34. The van der Waals surface area contributed by atoms with Gasteiger partial charge in [-0.15, -0.1) is 0 Å². The van der Waals surface area contributed by atoms with Crippen LogP contribution < -0.4 is 5.32 Å². The summed E-state index contributed by atoms with van der Waals surface area (Å²) in [4.78, 5) is 2.22. The molecule has 2 aliphatic heterocycles. The molecule has 2 nitrogen and oxygen atoms in total. The predicted octanol–water partition coefficient (Wildman–Crippen LogP) is 2.65. The van der Waals surface area contributed by atoms with Gasteiger partial charge in [-0.1, -0.05) is 6.92 Å². The van der Waals surface area contributed by atoms with E-state index in [1.165, 1.54) is 12.8 Å². The third-order valence-corrected chi connectivity index (χ3v) is 4.34. The second-order valence-electron chi connectivity index (χ2n) is 6.18. The molecule has 2 saturated heterocycles. The average Bonchev–Trinajstić information content (AvgIpc) is 2.29. The molecule has 0 saturated carbocycles. The van der Waals surface area contributed by atoms with Crippen molar-refractivity contribution in [2.24, 2.45) is 11.3 Å². The molecule has 1 N–H and O–H groups in total. The number of halogens is 3. The largest absolute Gasteiger partial charge is 0.391 e. The quantitative estimate of drug-likeness (QED) is 0.825. The van der Waals surface area contributed by atoms with Gasteiger partial charge in [0, 0.05) is 13.1 Å².